The number of para-hydroxylation sites is 1. The molecule has 0 spiro atoms. The van der Waals surface area contributed by atoms with E-state index in [4.69, 9.17) is 5.10 Å². The molecule has 5 rings (SSSR count). The molecule has 1 heterocycles. The Hall–Kier alpha value is -4.51. The molecule has 0 aliphatic rings. The van der Waals surface area contributed by atoms with Crippen molar-refractivity contribution in [2.75, 3.05) is 0 Å². The minimum atomic E-state index is -0.332. The number of hydrogen-bond acceptors (Lipinski definition) is 3. The molecule has 5 heteroatoms. The third kappa shape index (κ3) is 4.16. The van der Waals surface area contributed by atoms with Gasteiger partial charge in [-0.1, -0.05) is 98.9 Å². The second-order valence-electron chi connectivity index (χ2n) is 7.71. The zero-order valence-corrected chi connectivity index (χ0v) is 18.2. The van der Waals surface area contributed by atoms with Gasteiger partial charge in [-0.25, -0.2) is 0 Å². The smallest absolute Gasteiger partial charge is 0.342 e. The summed E-state index contributed by atoms with van der Waals surface area (Å²) in [4.78, 5) is 0. The van der Waals surface area contributed by atoms with E-state index in [9.17, 15) is 5.11 Å². The SMILES string of the molecule is Cc1ccc(/C([O-])=N/n2c(-c3ccccc3)n[n+](-c3ccccc3)c2-c2ccccc2)cc1. The van der Waals surface area contributed by atoms with E-state index >= 15 is 0 Å². The maximum atomic E-state index is 13.2. The van der Waals surface area contributed by atoms with Gasteiger partial charge in [-0.2, -0.15) is 0 Å². The Bertz CT molecular complexity index is 1390. The van der Waals surface area contributed by atoms with Gasteiger partial charge in [0.25, 0.3) is 5.82 Å². The highest BCUT2D eigenvalue weighted by atomic mass is 16.3. The van der Waals surface area contributed by atoms with Crippen molar-refractivity contribution in [1.82, 2.24) is 9.77 Å². The van der Waals surface area contributed by atoms with Gasteiger partial charge in [0, 0.05) is 11.5 Å². The lowest BCUT2D eigenvalue weighted by molar-refractivity contribution is -0.645. The number of aromatic nitrogens is 3. The predicted octanol–water partition coefficient (Wildman–Crippen LogP) is 4.37. The number of rotatable bonds is 5. The molecule has 0 aliphatic heterocycles. The van der Waals surface area contributed by atoms with Crippen LogP contribution in [0.1, 0.15) is 11.1 Å². The fraction of sp³-hybridized carbons (Fsp3) is 0.0357. The molecular weight excluding hydrogens is 408 g/mol. The fourth-order valence-corrected chi connectivity index (χ4v) is 3.66. The summed E-state index contributed by atoms with van der Waals surface area (Å²) >= 11 is 0. The van der Waals surface area contributed by atoms with Crippen LogP contribution in [0.2, 0.25) is 0 Å². The second-order valence-corrected chi connectivity index (χ2v) is 7.71. The molecule has 0 atom stereocenters. The maximum Gasteiger partial charge on any atom is 0.342 e. The van der Waals surface area contributed by atoms with Gasteiger partial charge in [0.05, 0.1) is 5.56 Å². The van der Waals surface area contributed by atoms with Gasteiger partial charge < -0.3 is 5.11 Å². The molecule has 1 aromatic heterocycles. The molecule has 0 fully saturated rings. The van der Waals surface area contributed by atoms with Crippen LogP contribution in [0, 0.1) is 6.92 Å². The molecule has 0 N–H and O–H groups in total. The summed E-state index contributed by atoms with van der Waals surface area (Å²) in [5.74, 6) is 0.946. The van der Waals surface area contributed by atoms with Crippen LogP contribution in [-0.2, 0) is 0 Å². The maximum absolute atomic E-state index is 13.2. The second kappa shape index (κ2) is 8.93. The Labute approximate surface area is 192 Å². The summed E-state index contributed by atoms with van der Waals surface area (Å²) in [6.45, 7) is 1.99. The number of aryl methyl sites for hydroxylation is 1. The van der Waals surface area contributed by atoms with E-state index in [2.05, 4.69) is 5.10 Å². The van der Waals surface area contributed by atoms with Gasteiger partial charge in [-0.05, 0) is 54.0 Å². The van der Waals surface area contributed by atoms with Crippen LogP contribution < -0.4 is 9.79 Å². The molecule has 0 bridgehead atoms. The van der Waals surface area contributed by atoms with E-state index in [1.165, 1.54) is 0 Å². The summed E-state index contributed by atoms with van der Waals surface area (Å²) in [6.07, 6.45) is 0. The van der Waals surface area contributed by atoms with E-state index in [0.29, 0.717) is 17.2 Å². The first-order valence-electron chi connectivity index (χ1n) is 10.7. The number of nitrogens with zero attached hydrogens (tertiary/aromatic N) is 4. The fourth-order valence-electron chi connectivity index (χ4n) is 3.66. The van der Waals surface area contributed by atoms with Gasteiger partial charge in [0.1, 0.15) is 0 Å². The quantitative estimate of drug-likeness (QED) is 0.236. The van der Waals surface area contributed by atoms with E-state index in [0.717, 1.165) is 22.4 Å². The lowest BCUT2D eigenvalue weighted by Gasteiger charge is -2.09. The van der Waals surface area contributed by atoms with Crippen LogP contribution in [0.25, 0.3) is 28.5 Å². The zero-order valence-electron chi connectivity index (χ0n) is 18.2. The Morgan fingerprint density at radius 2 is 1.27 bits per heavy atom. The molecule has 5 nitrogen and oxygen atoms in total. The standard InChI is InChI=1S/C28H22N4O/c1-21-17-19-23(20-18-21)27(33)30-32-26(22-11-5-2-6-12-22)29-31(25-15-9-4-10-16-25)28(32)24-13-7-3-8-14-24/h2-20H,1H3. The summed E-state index contributed by atoms with van der Waals surface area (Å²) in [5, 5.41) is 22.7. The summed E-state index contributed by atoms with van der Waals surface area (Å²) in [6, 6.07) is 37.0. The third-order valence-corrected chi connectivity index (χ3v) is 5.35. The van der Waals surface area contributed by atoms with Gasteiger partial charge in [-0.15, -0.1) is 0 Å². The van der Waals surface area contributed by atoms with E-state index in [1.807, 2.05) is 115 Å². The Kier molecular flexibility index (Phi) is 5.52. The van der Waals surface area contributed by atoms with Crippen molar-refractivity contribution in [3.05, 3.63) is 126 Å². The topological polar surface area (TPSA) is 57.1 Å². The van der Waals surface area contributed by atoms with Crippen molar-refractivity contribution in [2.45, 2.75) is 6.92 Å². The largest absolute Gasteiger partial charge is 0.856 e. The molecule has 33 heavy (non-hydrogen) atoms. The van der Waals surface area contributed by atoms with Crippen molar-refractivity contribution in [1.29, 1.82) is 0 Å². The average molecular weight is 431 g/mol. The van der Waals surface area contributed by atoms with Crippen molar-refractivity contribution in [3.63, 3.8) is 0 Å². The van der Waals surface area contributed by atoms with Gasteiger partial charge in [0.2, 0.25) is 0 Å². The molecule has 0 amide bonds. The van der Waals surface area contributed by atoms with Crippen LogP contribution in [0.3, 0.4) is 0 Å². The van der Waals surface area contributed by atoms with Crippen molar-refractivity contribution < 1.29 is 9.79 Å². The molecule has 0 aliphatic carbocycles. The van der Waals surface area contributed by atoms with Crippen molar-refractivity contribution in [2.24, 2.45) is 5.10 Å². The first kappa shape index (κ1) is 20.4. The molecular formula is C28H22N4O. The number of hydrogen-bond donors (Lipinski definition) is 0. The van der Waals surface area contributed by atoms with Gasteiger partial charge >= 0.3 is 5.82 Å². The summed E-state index contributed by atoms with van der Waals surface area (Å²) in [7, 11) is 0. The monoisotopic (exact) mass is 430 g/mol. The summed E-state index contributed by atoms with van der Waals surface area (Å²) < 4.78 is 3.49. The Balaban J connectivity index is 1.81. The van der Waals surface area contributed by atoms with Crippen LogP contribution in [0.4, 0.5) is 0 Å². The molecule has 160 valence electrons. The molecule has 4 aromatic carbocycles. The first-order valence-corrected chi connectivity index (χ1v) is 10.7. The first-order chi connectivity index (χ1) is 16.2. The summed E-state index contributed by atoms with van der Waals surface area (Å²) in [5.41, 5.74) is 4.26. The lowest BCUT2D eigenvalue weighted by atomic mass is 10.1. The van der Waals surface area contributed by atoms with E-state index in [-0.39, 0.29) is 5.90 Å². The predicted molar refractivity (Wildman–Crippen MR) is 128 cm³/mol. The zero-order chi connectivity index (χ0) is 22.6. The van der Waals surface area contributed by atoms with E-state index in [1.54, 1.807) is 16.8 Å². The van der Waals surface area contributed by atoms with Crippen LogP contribution in [0.5, 0.6) is 0 Å². The normalized spacial score (nSPS) is 11.5. The highest BCUT2D eigenvalue weighted by Gasteiger charge is 2.29. The molecule has 0 saturated carbocycles. The van der Waals surface area contributed by atoms with Crippen molar-refractivity contribution >= 4 is 5.90 Å². The minimum absolute atomic E-state index is 0.332. The Morgan fingerprint density at radius 3 is 1.88 bits per heavy atom. The van der Waals surface area contributed by atoms with Crippen LogP contribution in [-0.4, -0.2) is 15.7 Å². The van der Waals surface area contributed by atoms with E-state index < -0.39 is 0 Å². The minimum Gasteiger partial charge on any atom is -0.856 e. The third-order valence-electron chi connectivity index (χ3n) is 5.35. The lowest BCUT2D eigenvalue weighted by Crippen LogP contribution is -2.35. The highest BCUT2D eigenvalue weighted by Crippen LogP contribution is 2.25. The van der Waals surface area contributed by atoms with Gasteiger partial charge in [0.15, 0.2) is 5.69 Å². The molecule has 0 unspecified atom stereocenters. The van der Waals surface area contributed by atoms with Crippen LogP contribution in [0.15, 0.2) is 120 Å². The molecule has 5 aromatic rings. The molecule has 0 saturated heterocycles. The van der Waals surface area contributed by atoms with Gasteiger partial charge in [-0.3, -0.25) is 0 Å². The molecule has 0 radical (unpaired) electrons. The highest BCUT2D eigenvalue weighted by molar-refractivity contribution is 5.90. The van der Waals surface area contributed by atoms with Crippen LogP contribution >= 0.6 is 0 Å². The average Bonchev–Trinajstić information content (AvgIpc) is 3.25. The number of benzene rings is 4. The Morgan fingerprint density at radius 1 is 0.727 bits per heavy atom. The van der Waals surface area contributed by atoms with Crippen molar-refractivity contribution in [3.8, 4) is 28.5 Å².